The summed E-state index contributed by atoms with van der Waals surface area (Å²) in [4.78, 5) is 0. The van der Waals surface area contributed by atoms with Crippen LogP contribution in [0.15, 0.2) is 0 Å². The SMILES string of the molecule is CCCNC1CCC2(CC1S(=O)(=O)C(C)CC)OCCO2. The normalized spacial score (nSPS) is 30.6. The Morgan fingerprint density at radius 1 is 1.29 bits per heavy atom. The lowest BCUT2D eigenvalue weighted by atomic mass is 9.89. The average Bonchev–Trinajstić information content (AvgIpc) is 2.93. The molecule has 0 radical (unpaired) electrons. The second-order valence-electron chi connectivity index (χ2n) is 6.26. The molecule has 5 nitrogen and oxygen atoms in total. The van der Waals surface area contributed by atoms with Crippen LogP contribution in [-0.4, -0.2) is 50.5 Å². The fourth-order valence-corrected chi connectivity index (χ4v) is 5.55. The van der Waals surface area contributed by atoms with Gasteiger partial charge in [-0.2, -0.15) is 0 Å². The van der Waals surface area contributed by atoms with Gasteiger partial charge in [0.2, 0.25) is 0 Å². The van der Waals surface area contributed by atoms with Crippen molar-refractivity contribution in [3.05, 3.63) is 0 Å². The summed E-state index contributed by atoms with van der Waals surface area (Å²) in [5.41, 5.74) is 0. The molecule has 1 aliphatic carbocycles. The third kappa shape index (κ3) is 3.60. The molecule has 1 saturated carbocycles. The highest BCUT2D eigenvalue weighted by Crippen LogP contribution is 2.39. The zero-order valence-electron chi connectivity index (χ0n) is 13.4. The van der Waals surface area contributed by atoms with Crippen LogP contribution in [0.25, 0.3) is 0 Å². The number of sulfone groups is 1. The first kappa shape index (κ1) is 17.2. The standard InChI is InChI=1S/C15H29NO4S/c1-4-8-16-13-6-7-15(19-9-10-20-15)11-14(13)21(17,18)12(3)5-2/h12-14,16H,4-11H2,1-3H3. The molecular weight excluding hydrogens is 290 g/mol. The van der Waals surface area contributed by atoms with Crippen LogP contribution in [0.1, 0.15) is 52.9 Å². The number of ether oxygens (including phenoxy) is 2. The quantitative estimate of drug-likeness (QED) is 0.809. The largest absolute Gasteiger partial charge is 0.347 e. The monoisotopic (exact) mass is 319 g/mol. The van der Waals surface area contributed by atoms with Crippen LogP contribution >= 0.6 is 0 Å². The molecule has 0 bridgehead atoms. The van der Waals surface area contributed by atoms with Gasteiger partial charge in [0.15, 0.2) is 15.6 Å². The minimum atomic E-state index is -3.18. The molecule has 124 valence electrons. The van der Waals surface area contributed by atoms with Crippen LogP contribution in [0.3, 0.4) is 0 Å². The van der Waals surface area contributed by atoms with E-state index in [4.69, 9.17) is 9.47 Å². The Morgan fingerprint density at radius 3 is 2.52 bits per heavy atom. The van der Waals surface area contributed by atoms with E-state index in [0.717, 1.165) is 25.8 Å². The van der Waals surface area contributed by atoms with Crippen molar-refractivity contribution in [1.82, 2.24) is 5.32 Å². The highest BCUT2D eigenvalue weighted by molar-refractivity contribution is 7.92. The van der Waals surface area contributed by atoms with E-state index in [1.807, 2.05) is 13.8 Å². The molecule has 0 aromatic rings. The van der Waals surface area contributed by atoms with Gasteiger partial charge in [-0.15, -0.1) is 0 Å². The molecule has 0 amide bonds. The van der Waals surface area contributed by atoms with Gasteiger partial charge in [-0.1, -0.05) is 13.8 Å². The third-order valence-electron chi connectivity index (χ3n) is 4.83. The van der Waals surface area contributed by atoms with Crippen LogP contribution in [0, 0.1) is 0 Å². The van der Waals surface area contributed by atoms with Gasteiger partial charge in [0.1, 0.15) is 0 Å². The lowest BCUT2D eigenvalue weighted by Gasteiger charge is -2.41. The molecule has 6 heteroatoms. The van der Waals surface area contributed by atoms with Crippen LogP contribution < -0.4 is 5.32 Å². The van der Waals surface area contributed by atoms with Gasteiger partial charge in [-0.3, -0.25) is 0 Å². The summed E-state index contributed by atoms with van der Waals surface area (Å²) in [5, 5.41) is 2.70. The highest BCUT2D eigenvalue weighted by atomic mass is 32.2. The maximum Gasteiger partial charge on any atom is 0.169 e. The number of nitrogens with one attached hydrogen (secondary N) is 1. The maximum absolute atomic E-state index is 12.9. The van der Waals surface area contributed by atoms with Crippen molar-refractivity contribution in [3.63, 3.8) is 0 Å². The molecule has 1 saturated heterocycles. The first-order chi connectivity index (χ1) is 9.95. The molecule has 2 rings (SSSR count). The lowest BCUT2D eigenvalue weighted by molar-refractivity contribution is -0.178. The topological polar surface area (TPSA) is 64.6 Å². The first-order valence-corrected chi connectivity index (χ1v) is 9.80. The molecule has 21 heavy (non-hydrogen) atoms. The fourth-order valence-electron chi connectivity index (χ4n) is 3.31. The zero-order chi connectivity index (χ0) is 15.5. The van der Waals surface area contributed by atoms with Crippen molar-refractivity contribution in [2.24, 2.45) is 0 Å². The summed E-state index contributed by atoms with van der Waals surface area (Å²) >= 11 is 0. The smallest absolute Gasteiger partial charge is 0.169 e. The van der Waals surface area contributed by atoms with Crippen LogP contribution in [0.2, 0.25) is 0 Å². The van der Waals surface area contributed by atoms with Crippen LogP contribution in [-0.2, 0) is 19.3 Å². The van der Waals surface area contributed by atoms with Crippen molar-refractivity contribution in [2.45, 2.75) is 75.2 Å². The Bertz CT molecular complexity index is 431. The van der Waals surface area contributed by atoms with Gasteiger partial charge in [-0.05, 0) is 32.7 Å². The average molecular weight is 319 g/mol. The number of hydrogen-bond donors (Lipinski definition) is 1. The first-order valence-electron chi connectivity index (χ1n) is 8.19. The fraction of sp³-hybridized carbons (Fsp3) is 1.00. The highest BCUT2D eigenvalue weighted by Gasteiger charge is 2.50. The molecular formula is C15H29NO4S. The Morgan fingerprint density at radius 2 is 1.95 bits per heavy atom. The van der Waals surface area contributed by atoms with Gasteiger partial charge >= 0.3 is 0 Å². The van der Waals surface area contributed by atoms with Crippen LogP contribution in [0.5, 0.6) is 0 Å². The Labute approximate surface area is 128 Å². The van der Waals surface area contributed by atoms with Crippen molar-refractivity contribution in [3.8, 4) is 0 Å². The molecule has 1 aliphatic heterocycles. The van der Waals surface area contributed by atoms with E-state index >= 15 is 0 Å². The van der Waals surface area contributed by atoms with Gasteiger partial charge in [-0.25, -0.2) is 8.42 Å². The maximum atomic E-state index is 12.9. The van der Waals surface area contributed by atoms with Crippen molar-refractivity contribution < 1.29 is 17.9 Å². The summed E-state index contributed by atoms with van der Waals surface area (Å²) in [6.45, 7) is 7.83. The van der Waals surface area contributed by atoms with E-state index in [1.54, 1.807) is 0 Å². The van der Waals surface area contributed by atoms with E-state index < -0.39 is 20.9 Å². The van der Waals surface area contributed by atoms with Crippen LogP contribution in [0.4, 0.5) is 0 Å². The molecule has 3 atom stereocenters. The Kier molecular flexibility index (Phi) is 5.68. The second kappa shape index (κ2) is 6.94. The molecule has 0 aromatic carbocycles. The minimum Gasteiger partial charge on any atom is -0.347 e. The summed E-state index contributed by atoms with van der Waals surface area (Å²) in [5.74, 6) is -0.657. The summed E-state index contributed by atoms with van der Waals surface area (Å²) < 4.78 is 37.3. The number of hydrogen-bond acceptors (Lipinski definition) is 5. The van der Waals surface area contributed by atoms with Gasteiger partial charge in [0.25, 0.3) is 0 Å². The van der Waals surface area contributed by atoms with E-state index in [0.29, 0.717) is 26.1 Å². The number of rotatable bonds is 6. The molecule has 0 aromatic heterocycles. The Balaban J connectivity index is 2.20. The lowest BCUT2D eigenvalue weighted by Crippen LogP contribution is -2.55. The predicted molar refractivity (Wildman–Crippen MR) is 83.0 cm³/mol. The van der Waals surface area contributed by atoms with Crippen molar-refractivity contribution >= 4 is 9.84 Å². The third-order valence-corrected chi connectivity index (χ3v) is 7.62. The van der Waals surface area contributed by atoms with Gasteiger partial charge in [0, 0.05) is 18.9 Å². The summed E-state index contributed by atoms with van der Waals surface area (Å²) in [6, 6.07) is 0.0161. The zero-order valence-corrected chi connectivity index (χ0v) is 14.2. The van der Waals surface area contributed by atoms with E-state index in [9.17, 15) is 8.42 Å². The molecule has 2 fully saturated rings. The Hall–Kier alpha value is -0.170. The van der Waals surface area contributed by atoms with E-state index in [-0.39, 0.29) is 11.3 Å². The summed E-state index contributed by atoms with van der Waals surface area (Å²) in [7, 11) is -3.18. The van der Waals surface area contributed by atoms with Gasteiger partial charge in [0.05, 0.1) is 23.7 Å². The molecule has 1 spiro atoms. The van der Waals surface area contributed by atoms with E-state index in [1.165, 1.54) is 0 Å². The van der Waals surface area contributed by atoms with E-state index in [2.05, 4.69) is 12.2 Å². The minimum absolute atomic E-state index is 0.0161. The second-order valence-corrected chi connectivity index (χ2v) is 8.85. The molecule has 1 heterocycles. The molecule has 1 N–H and O–H groups in total. The molecule has 2 aliphatic rings. The predicted octanol–water partition coefficient (Wildman–Crippen LogP) is 1.86. The van der Waals surface area contributed by atoms with Gasteiger partial charge < -0.3 is 14.8 Å². The van der Waals surface area contributed by atoms with Crippen molar-refractivity contribution in [1.29, 1.82) is 0 Å². The summed E-state index contributed by atoms with van der Waals surface area (Å²) in [6.07, 6.45) is 3.68. The van der Waals surface area contributed by atoms with Crippen molar-refractivity contribution in [2.75, 3.05) is 19.8 Å². The molecule has 3 unspecified atom stereocenters.